The number of nitrogens with zero attached hydrogens (tertiary/aromatic N) is 4. The number of hydrogen-bond donors (Lipinski definition) is 1. The fraction of sp³-hybridized carbons (Fsp3) is 0.316. The number of thioether (sulfide) groups is 1. The highest BCUT2D eigenvalue weighted by Crippen LogP contribution is 2.26. The molecule has 27 heavy (non-hydrogen) atoms. The zero-order valence-corrected chi connectivity index (χ0v) is 17.0. The summed E-state index contributed by atoms with van der Waals surface area (Å²) in [6.45, 7) is 6.29. The molecule has 0 bridgehead atoms. The second-order valence-corrected chi connectivity index (χ2v) is 7.70. The van der Waals surface area contributed by atoms with E-state index in [4.69, 9.17) is 16.3 Å². The van der Waals surface area contributed by atoms with Gasteiger partial charge in [0.1, 0.15) is 12.4 Å². The Labute approximate surface area is 167 Å². The van der Waals surface area contributed by atoms with E-state index < -0.39 is 6.10 Å². The van der Waals surface area contributed by atoms with Crippen molar-refractivity contribution in [2.45, 2.75) is 32.0 Å². The van der Waals surface area contributed by atoms with Gasteiger partial charge in [-0.1, -0.05) is 35.5 Å². The normalized spacial score (nSPS) is 12.2. The maximum atomic E-state index is 10.3. The maximum Gasteiger partial charge on any atom is 0.214 e. The van der Waals surface area contributed by atoms with Crippen LogP contribution < -0.4 is 4.74 Å². The lowest BCUT2D eigenvalue weighted by Crippen LogP contribution is -2.21. The molecule has 3 rings (SSSR count). The number of aliphatic hydroxyl groups excluding tert-OH is 1. The largest absolute Gasteiger partial charge is 0.490 e. The molecule has 2 aromatic carbocycles. The van der Waals surface area contributed by atoms with Crippen molar-refractivity contribution in [3.05, 3.63) is 58.1 Å². The van der Waals surface area contributed by atoms with Gasteiger partial charge in [-0.3, -0.25) is 0 Å². The van der Waals surface area contributed by atoms with Crippen LogP contribution in [0, 0.1) is 20.8 Å². The topological polar surface area (TPSA) is 73.1 Å². The van der Waals surface area contributed by atoms with Crippen LogP contribution in [-0.2, 0) is 0 Å². The molecule has 1 aromatic heterocycles. The number of tetrazole rings is 1. The van der Waals surface area contributed by atoms with Crippen molar-refractivity contribution in [2.24, 2.45) is 0 Å². The van der Waals surface area contributed by atoms with E-state index in [1.165, 1.54) is 17.3 Å². The van der Waals surface area contributed by atoms with Crippen LogP contribution in [0.2, 0.25) is 5.02 Å². The molecule has 8 heteroatoms. The summed E-state index contributed by atoms with van der Waals surface area (Å²) in [5.41, 5.74) is 4.14. The fourth-order valence-electron chi connectivity index (χ4n) is 2.56. The molecule has 142 valence electrons. The molecule has 0 aliphatic rings. The Morgan fingerprint density at radius 1 is 1.11 bits per heavy atom. The number of rotatable bonds is 7. The van der Waals surface area contributed by atoms with Crippen LogP contribution in [0.5, 0.6) is 5.75 Å². The van der Waals surface area contributed by atoms with Crippen molar-refractivity contribution in [1.82, 2.24) is 20.2 Å². The Kier molecular flexibility index (Phi) is 6.36. The Morgan fingerprint density at radius 3 is 2.56 bits per heavy atom. The number of benzene rings is 2. The van der Waals surface area contributed by atoms with Crippen LogP contribution >= 0.6 is 23.4 Å². The van der Waals surface area contributed by atoms with Crippen LogP contribution in [0.25, 0.3) is 5.69 Å². The summed E-state index contributed by atoms with van der Waals surface area (Å²) in [6.07, 6.45) is -0.648. The second kappa shape index (κ2) is 8.73. The van der Waals surface area contributed by atoms with Gasteiger partial charge in [0.15, 0.2) is 0 Å². The number of halogens is 1. The fourth-order valence-corrected chi connectivity index (χ4v) is 3.48. The van der Waals surface area contributed by atoms with E-state index in [2.05, 4.69) is 21.6 Å². The van der Waals surface area contributed by atoms with Gasteiger partial charge in [0, 0.05) is 10.8 Å². The summed E-state index contributed by atoms with van der Waals surface area (Å²) in [5, 5.41) is 23.3. The first kappa shape index (κ1) is 19.7. The van der Waals surface area contributed by atoms with Crippen molar-refractivity contribution in [3.63, 3.8) is 0 Å². The number of aromatic nitrogens is 4. The first-order chi connectivity index (χ1) is 13.0. The molecule has 0 amide bonds. The van der Waals surface area contributed by atoms with Gasteiger partial charge in [0.2, 0.25) is 5.16 Å². The molecule has 1 N–H and O–H groups in total. The summed E-state index contributed by atoms with van der Waals surface area (Å²) in [6, 6.07) is 11.3. The lowest BCUT2D eigenvalue weighted by molar-refractivity contribution is 0.125. The van der Waals surface area contributed by atoms with Crippen LogP contribution in [0.1, 0.15) is 16.7 Å². The number of hydrogen-bond acceptors (Lipinski definition) is 6. The lowest BCUT2D eigenvalue weighted by atomic mass is 10.1. The Hall–Kier alpha value is -2.09. The van der Waals surface area contributed by atoms with Crippen LogP contribution in [-0.4, -0.2) is 43.8 Å². The molecule has 3 aromatic rings. The zero-order valence-electron chi connectivity index (χ0n) is 15.4. The van der Waals surface area contributed by atoms with Gasteiger partial charge in [-0.15, -0.1) is 5.10 Å². The summed E-state index contributed by atoms with van der Waals surface area (Å²) in [4.78, 5) is 0. The van der Waals surface area contributed by atoms with Gasteiger partial charge in [-0.25, -0.2) is 0 Å². The van der Waals surface area contributed by atoms with Gasteiger partial charge in [0.05, 0.1) is 11.8 Å². The highest BCUT2D eigenvalue weighted by molar-refractivity contribution is 7.99. The first-order valence-corrected chi connectivity index (χ1v) is 9.87. The molecule has 0 unspecified atom stereocenters. The molecule has 0 fully saturated rings. The van der Waals surface area contributed by atoms with Crippen LogP contribution in [0.4, 0.5) is 0 Å². The molecule has 1 heterocycles. The molecule has 0 radical (unpaired) electrons. The molecule has 0 aliphatic heterocycles. The third-order valence-corrected chi connectivity index (χ3v) is 5.53. The summed E-state index contributed by atoms with van der Waals surface area (Å²) >= 11 is 7.29. The Morgan fingerprint density at radius 2 is 1.81 bits per heavy atom. The smallest absolute Gasteiger partial charge is 0.214 e. The third-order valence-electron chi connectivity index (χ3n) is 4.21. The van der Waals surface area contributed by atoms with Gasteiger partial charge in [0.25, 0.3) is 0 Å². The van der Waals surface area contributed by atoms with E-state index in [0.717, 1.165) is 22.6 Å². The third kappa shape index (κ3) is 4.80. The Bertz CT molecular complexity index is 915. The predicted octanol–water partition coefficient (Wildman–Crippen LogP) is 3.77. The van der Waals surface area contributed by atoms with Crippen LogP contribution in [0.15, 0.2) is 41.6 Å². The molecule has 6 nitrogen and oxygen atoms in total. The van der Waals surface area contributed by atoms with Gasteiger partial charge >= 0.3 is 0 Å². The molecule has 0 saturated carbocycles. The monoisotopic (exact) mass is 404 g/mol. The molecule has 0 spiro atoms. The van der Waals surface area contributed by atoms with Gasteiger partial charge in [-0.2, -0.15) is 4.68 Å². The summed E-state index contributed by atoms with van der Waals surface area (Å²) in [7, 11) is 0. The Balaban J connectivity index is 1.59. The maximum absolute atomic E-state index is 10.3. The van der Waals surface area contributed by atoms with E-state index in [9.17, 15) is 5.11 Å². The molecule has 1 atom stereocenters. The summed E-state index contributed by atoms with van der Waals surface area (Å²) < 4.78 is 7.49. The summed E-state index contributed by atoms with van der Waals surface area (Å²) in [5.74, 6) is 1.25. The highest BCUT2D eigenvalue weighted by Gasteiger charge is 2.14. The molecular weight excluding hydrogens is 384 g/mol. The lowest BCUT2D eigenvalue weighted by Gasteiger charge is -2.16. The van der Waals surface area contributed by atoms with Crippen LogP contribution in [0.3, 0.4) is 0 Å². The number of aliphatic hydroxyl groups is 1. The number of ether oxygens (including phenoxy) is 1. The SMILES string of the molecule is Cc1ccc(C)c(OC[C@H](O)CSc2nnnn2-c2ccc(Cl)cc2)c1C. The van der Waals surface area contributed by atoms with Crippen molar-refractivity contribution in [3.8, 4) is 11.4 Å². The van der Waals surface area contributed by atoms with E-state index >= 15 is 0 Å². The van der Waals surface area contributed by atoms with E-state index in [1.807, 2.05) is 39.0 Å². The van der Waals surface area contributed by atoms with Crippen molar-refractivity contribution >= 4 is 23.4 Å². The minimum Gasteiger partial charge on any atom is -0.490 e. The van der Waals surface area contributed by atoms with E-state index in [0.29, 0.717) is 15.9 Å². The van der Waals surface area contributed by atoms with Gasteiger partial charge in [-0.05, 0) is 72.2 Å². The quantitative estimate of drug-likeness (QED) is 0.604. The van der Waals surface area contributed by atoms with E-state index in [1.54, 1.807) is 16.8 Å². The average molecular weight is 405 g/mol. The molecule has 0 aliphatic carbocycles. The first-order valence-electron chi connectivity index (χ1n) is 8.50. The average Bonchev–Trinajstić information content (AvgIpc) is 3.12. The van der Waals surface area contributed by atoms with E-state index in [-0.39, 0.29) is 6.61 Å². The predicted molar refractivity (Wildman–Crippen MR) is 107 cm³/mol. The minimum atomic E-state index is -0.648. The number of aryl methyl sites for hydroxylation is 2. The highest BCUT2D eigenvalue weighted by atomic mass is 35.5. The van der Waals surface area contributed by atoms with Crippen molar-refractivity contribution in [1.29, 1.82) is 0 Å². The van der Waals surface area contributed by atoms with Crippen molar-refractivity contribution in [2.75, 3.05) is 12.4 Å². The molecular formula is C19H21ClN4O2S. The standard InChI is InChI=1S/C19H21ClN4O2S/c1-12-4-5-13(2)18(14(12)3)26-10-17(25)11-27-19-21-22-23-24(19)16-8-6-15(20)7-9-16/h4-9,17,25H,10-11H2,1-3H3/t17-/m0/s1. The second-order valence-electron chi connectivity index (χ2n) is 6.28. The minimum absolute atomic E-state index is 0.209. The molecule has 0 saturated heterocycles. The van der Waals surface area contributed by atoms with Gasteiger partial charge < -0.3 is 9.84 Å². The zero-order chi connectivity index (χ0) is 19.4. The van der Waals surface area contributed by atoms with Crippen molar-refractivity contribution < 1.29 is 9.84 Å².